The Morgan fingerprint density at radius 2 is 1.89 bits per heavy atom. The fourth-order valence-corrected chi connectivity index (χ4v) is 3.97. The zero-order valence-electron chi connectivity index (χ0n) is 16.0. The minimum atomic E-state index is -0.672. The van der Waals surface area contributed by atoms with E-state index in [9.17, 15) is 9.59 Å². The number of rotatable bonds is 5. The Hall–Kier alpha value is -2.48. The number of urea groups is 1. The lowest BCUT2D eigenvalue weighted by molar-refractivity contribution is -0.132. The summed E-state index contributed by atoms with van der Waals surface area (Å²) < 4.78 is 10.8. The van der Waals surface area contributed by atoms with Gasteiger partial charge in [-0.3, -0.25) is 9.69 Å². The van der Waals surface area contributed by atoms with Gasteiger partial charge in [0.25, 0.3) is 0 Å². The summed E-state index contributed by atoms with van der Waals surface area (Å²) in [4.78, 5) is 27.4. The number of hydrogen-bond acceptors (Lipinski definition) is 5. The maximum atomic E-state index is 12.3. The van der Waals surface area contributed by atoms with Crippen LogP contribution in [0.2, 0.25) is 0 Å². The van der Waals surface area contributed by atoms with Crippen molar-refractivity contribution < 1.29 is 19.1 Å². The predicted octanol–water partition coefficient (Wildman–Crippen LogP) is 0.721. The van der Waals surface area contributed by atoms with Crippen LogP contribution in [0.5, 0.6) is 11.5 Å². The number of ether oxygens (including phenoxy) is 2. The zero-order valence-corrected chi connectivity index (χ0v) is 16.0. The Kier molecular flexibility index (Phi) is 6.05. The summed E-state index contributed by atoms with van der Waals surface area (Å²) in [5.41, 5.74) is 7.59. The number of carbonyl (C=O) groups is 2. The standard InChI is InChI=1S/C19H28N4O4/c1-26-16-8-13-5-7-22(11-14(13)9-17(16)27-2)15-4-3-6-23(12-15)18(24)10-21-19(20)25/h8-9,15H,3-7,10-12H2,1-2H3,(H3,20,21,25)/t15-/m1/s1. The molecule has 1 saturated heterocycles. The third-order valence-corrected chi connectivity index (χ3v) is 5.43. The summed E-state index contributed by atoms with van der Waals surface area (Å²) in [5, 5.41) is 2.38. The first-order valence-electron chi connectivity index (χ1n) is 9.30. The van der Waals surface area contributed by atoms with Crippen LogP contribution in [0.4, 0.5) is 4.79 Å². The van der Waals surface area contributed by atoms with Gasteiger partial charge in [-0.15, -0.1) is 0 Å². The Labute approximate surface area is 159 Å². The molecule has 148 valence electrons. The van der Waals surface area contributed by atoms with Crippen molar-refractivity contribution in [3.63, 3.8) is 0 Å². The zero-order chi connectivity index (χ0) is 19.4. The molecule has 2 aliphatic rings. The van der Waals surface area contributed by atoms with Crippen molar-refractivity contribution in [3.8, 4) is 11.5 Å². The minimum absolute atomic E-state index is 0.0398. The first kappa shape index (κ1) is 19.3. The van der Waals surface area contributed by atoms with Gasteiger partial charge in [-0.1, -0.05) is 0 Å². The summed E-state index contributed by atoms with van der Waals surface area (Å²) in [5.74, 6) is 1.43. The molecule has 0 aromatic heterocycles. The second-order valence-electron chi connectivity index (χ2n) is 7.05. The van der Waals surface area contributed by atoms with Crippen molar-refractivity contribution in [2.24, 2.45) is 5.73 Å². The Morgan fingerprint density at radius 1 is 1.19 bits per heavy atom. The third-order valence-electron chi connectivity index (χ3n) is 5.43. The number of nitrogens with two attached hydrogens (primary N) is 1. The number of carbonyl (C=O) groups excluding carboxylic acids is 2. The fraction of sp³-hybridized carbons (Fsp3) is 0.579. The number of hydrogen-bond donors (Lipinski definition) is 2. The van der Waals surface area contributed by atoms with Gasteiger partial charge < -0.3 is 25.4 Å². The first-order chi connectivity index (χ1) is 13.0. The number of nitrogens with zero attached hydrogens (tertiary/aromatic N) is 2. The van der Waals surface area contributed by atoms with E-state index in [0.717, 1.165) is 50.4 Å². The van der Waals surface area contributed by atoms with Gasteiger partial charge in [0.05, 0.1) is 20.8 Å². The van der Waals surface area contributed by atoms with Crippen LogP contribution in [0.15, 0.2) is 12.1 Å². The van der Waals surface area contributed by atoms with Gasteiger partial charge in [0, 0.05) is 32.2 Å². The number of primary amides is 1. The summed E-state index contributed by atoms with van der Waals surface area (Å²) in [6, 6.07) is 3.77. The fourth-order valence-electron chi connectivity index (χ4n) is 3.97. The molecule has 0 bridgehead atoms. The highest BCUT2D eigenvalue weighted by Gasteiger charge is 2.30. The molecule has 27 heavy (non-hydrogen) atoms. The third kappa shape index (κ3) is 4.44. The van der Waals surface area contributed by atoms with Crippen LogP contribution in [0.1, 0.15) is 24.0 Å². The van der Waals surface area contributed by atoms with E-state index in [0.29, 0.717) is 12.6 Å². The van der Waals surface area contributed by atoms with Crippen LogP contribution >= 0.6 is 0 Å². The molecule has 0 saturated carbocycles. The molecule has 0 radical (unpaired) electrons. The van der Waals surface area contributed by atoms with Crippen LogP contribution in [0.3, 0.4) is 0 Å². The molecule has 3 amide bonds. The number of methoxy groups -OCH3 is 2. The largest absolute Gasteiger partial charge is 0.493 e. The van der Waals surface area contributed by atoms with Crippen molar-refractivity contribution in [3.05, 3.63) is 23.3 Å². The lowest BCUT2D eigenvalue weighted by Crippen LogP contribution is -2.52. The molecule has 1 aromatic carbocycles. The van der Waals surface area contributed by atoms with Crippen LogP contribution in [-0.4, -0.2) is 68.2 Å². The molecule has 2 heterocycles. The van der Waals surface area contributed by atoms with Gasteiger partial charge in [-0.05, 0) is 42.5 Å². The Balaban J connectivity index is 1.66. The minimum Gasteiger partial charge on any atom is -0.493 e. The predicted molar refractivity (Wildman–Crippen MR) is 101 cm³/mol. The van der Waals surface area contributed by atoms with Gasteiger partial charge in [0.15, 0.2) is 11.5 Å². The lowest BCUT2D eigenvalue weighted by atomic mass is 9.95. The van der Waals surface area contributed by atoms with Crippen molar-refractivity contribution in [1.29, 1.82) is 0 Å². The average Bonchev–Trinajstić information content (AvgIpc) is 2.70. The van der Waals surface area contributed by atoms with Crippen LogP contribution in [-0.2, 0) is 17.8 Å². The maximum absolute atomic E-state index is 12.3. The summed E-state index contributed by atoms with van der Waals surface area (Å²) in [6.07, 6.45) is 2.97. The number of likely N-dealkylation sites (tertiary alicyclic amines) is 1. The molecule has 2 aliphatic heterocycles. The molecule has 0 spiro atoms. The maximum Gasteiger partial charge on any atom is 0.312 e. The monoisotopic (exact) mass is 376 g/mol. The highest BCUT2D eigenvalue weighted by Crippen LogP contribution is 2.34. The molecule has 1 aromatic rings. The van der Waals surface area contributed by atoms with E-state index in [1.165, 1.54) is 11.1 Å². The van der Waals surface area contributed by atoms with E-state index in [-0.39, 0.29) is 12.5 Å². The van der Waals surface area contributed by atoms with Gasteiger partial charge in [-0.25, -0.2) is 4.79 Å². The number of amides is 3. The van der Waals surface area contributed by atoms with Crippen LogP contribution < -0.4 is 20.5 Å². The van der Waals surface area contributed by atoms with Crippen LogP contribution in [0.25, 0.3) is 0 Å². The SMILES string of the molecule is COc1cc2c(cc1OC)CN([C@@H]1CCCN(C(=O)CNC(N)=O)C1)CC2. The highest BCUT2D eigenvalue weighted by molar-refractivity contribution is 5.83. The molecule has 1 atom stereocenters. The normalized spacial score (nSPS) is 19.9. The van der Waals surface area contributed by atoms with E-state index < -0.39 is 6.03 Å². The van der Waals surface area contributed by atoms with Crippen molar-refractivity contribution in [2.45, 2.75) is 31.8 Å². The van der Waals surface area contributed by atoms with Gasteiger partial charge in [0.1, 0.15) is 0 Å². The topological polar surface area (TPSA) is 97.1 Å². The average molecular weight is 376 g/mol. The number of benzene rings is 1. The van der Waals surface area contributed by atoms with E-state index in [4.69, 9.17) is 15.2 Å². The summed E-state index contributed by atoms with van der Waals surface area (Å²) in [7, 11) is 3.30. The molecular weight excluding hydrogens is 348 g/mol. The van der Waals surface area contributed by atoms with E-state index in [1.54, 1.807) is 14.2 Å². The van der Waals surface area contributed by atoms with E-state index in [2.05, 4.69) is 22.3 Å². The molecular formula is C19H28N4O4. The second-order valence-corrected chi connectivity index (χ2v) is 7.05. The van der Waals surface area contributed by atoms with Crippen molar-refractivity contribution in [2.75, 3.05) is 40.4 Å². The lowest BCUT2D eigenvalue weighted by Gasteiger charge is -2.41. The quantitative estimate of drug-likeness (QED) is 0.789. The van der Waals surface area contributed by atoms with Gasteiger partial charge in [-0.2, -0.15) is 0 Å². The Bertz CT molecular complexity index is 709. The molecule has 3 rings (SSSR count). The van der Waals surface area contributed by atoms with Gasteiger partial charge in [0.2, 0.25) is 5.91 Å². The molecule has 0 unspecified atom stereocenters. The summed E-state index contributed by atoms with van der Waals surface area (Å²) >= 11 is 0. The molecule has 0 aliphatic carbocycles. The van der Waals surface area contributed by atoms with Gasteiger partial charge >= 0.3 is 6.03 Å². The van der Waals surface area contributed by atoms with Crippen molar-refractivity contribution >= 4 is 11.9 Å². The van der Waals surface area contributed by atoms with E-state index >= 15 is 0 Å². The summed E-state index contributed by atoms with van der Waals surface area (Å²) in [6.45, 7) is 3.16. The first-order valence-corrected chi connectivity index (χ1v) is 9.30. The smallest absolute Gasteiger partial charge is 0.312 e. The molecule has 8 nitrogen and oxygen atoms in total. The number of piperidine rings is 1. The number of fused-ring (bicyclic) bond motifs is 1. The molecule has 8 heteroatoms. The highest BCUT2D eigenvalue weighted by atomic mass is 16.5. The van der Waals surface area contributed by atoms with Crippen LogP contribution in [0, 0.1) is 0 Å². The van der Waals surface area contributed by atoms with E-state index in [1.807, 2.05) is 4.90 Å². The molecule has 3 N–H and O–H groups in total. The Morgan fingerprint density at radius 3 is 2.56 bits per heavy atom. The number of nitrogens with one attached hydrogen (secondary N) is 1. The molecule has 1 fully saturated rings. The van der Waals surface area contributed by atoms with Crippen molar-refractivity contribution in [1.82, 2.24) is 15.1 Å². The second kappa shape index (κ2) is 8.47.